The molecule has 7 heteroatoms. The Labute approximate surface area is 140 Å². The number of oxime groups is 1. The van der Waals surface area contributed by atoms with Gasteiger partial charge in [-0.1, -0.05) is 34.4 Å². The second-order valence-electron chi connectivity index (χ2n) is 3.93. The van der Waals surface area contributed by atoms with Crippen LogP contribution in [-0.4, -0.2) is 24.7 Å². The molecule has 0 heterocycles. The van der Waals surface area contributed by atoms with Gasteiger partial charge in [-0.05, 0) is 31.4 Å². The molecule has 0 radical (unpaired) electrons. The molecular formula is C13H18Cl4N2O. The van der Waals surface area contributed by atoms with Crippen LogP contribution < -0.4 is 5.73 Å². The Morgan fingerprint density at radius 2 is 1.95 bits per heavy atom. The van der Waals surface area contributed by atoms with Crippen molar-refractivity contribution in [2.45, 2.75) is 19.3 Å². The molecule has 1 aromatic rings. The van der Waals surface area contributed by atoms with Crippen LogP contribution in [0.5, 0.6) is 0 Å². The molecule has 0 spiro atoms. The Morgan fingerprint density at radius 1 is 1.20 bits per heavy atom. The second-order valence-corrected chi connectivity index (χ2v) is 5.13. The topological polar surface area (TPSA) is 47.6 Å². The lowest BCUT2D eigenvalue weighted by molar-refractivity contribution is 0.152. The first-order valence-corrected chi connectivity index (χ1v) is 7.38. The number of halogens is 4. The molecule has 20 heavy (non-hydrogen) atoms. The summed E-state index contributed by atoms with van der Waals surface area (Å²) >= 11 is 17.6. The molecule has 0 aliphatic carbocycles. The van der Waals surface area contributed by atoms with Crippen LogP contribution in [0.1, 0.15) is 24.8 Å². The predicted molar refractivity (Wildman–Crippen MR) is 89.8 cm³/mol. The first-order valence-electron chi connectivity index (χ1n) is 6.09. The number of alkyl halides is 1. The lowest BCUT2D eigenvalue weighted by Gasteiger charge is -2.07. The summed E-state index contributed by atoms with van der Waals surface area (Å²) in [5, 5.41) is 5.14. The van der Waals surface area contributed by atoms with E-state index in [0.717, 1.165) is 30.5 Å². The fraction of sp³-hybridized carbons (Fsp3) is 0.462. The fourth-order valence-electron chi connectivity index (χ4n) is 1.48. The van der Waals surface area contributed by atoms with Gasteiger partial charge in [-0.25, -0.2) is 0 Å². The summed E-state index contributed by atoms with van der Waals surface area (Å²) in [6.45, 7) is 0.820. The molecule has 0 atom stereocenters. The maximum absolute atomic E-state index is 6.01. The third kappa shape index (κ3) is 7.00. The summed E-state index contributed by atoms with van der Waals surface area (Å²) in [6.07, 6.45) is 2.64. The van der Waals surface area contributed by atoms with Crippen molar-refractivity contribution in [1.29, 1.82) is 0 Å². The highest BCUT2D eigenvalue weighted by Gasteiger charge is 2.07. The normalized spacial score (nSPS) is 11.1. The van der Waals surface area contributed by atoms with Crippen molar-refractivity contribution in [2.75, 3.05) is 19.0 Å². The lowest BCUT2D eigenvalue weighted by atomic mass is 10.1. The first-order chi connectivity index (χ1) is 9.19. The van der Waals surface area contributed by atoms with E-state index in [1.54, 1.807) is 12.1 Å². The zero-order valence-electron chi connectivity index (χ0n) is 10.9. The van der Waals surface area contributed by atoms with Gasteiger partial charge in [-0.2, -0.15) is 0 Å². The van der Waals surface area contributed by atoms with E-state index in [2.05, 4.69) is 5.16 Å². The molecular weight excluding hydrogens is 342 g/mol. The molecule has 0 saturated carbocycles. The Kier molecular flexibility index (Phi) is 11.4. The second kappa shape index (κ2) is 11.5. The SMILES string of the molecule is Cl.NCCON=C(CCCCCl)c1ccc(Cl)c(Cl)c1. The van der Waals surface area contributed by atoms with Gasteiger partial charge in [0.15, 0.2) is 0 Å². The Hall–Kier alpha value is -0.190. The van der Waals surface area contributed by atoms with Crippen molar-refractivity contribution >= 4 is 52.9 Å². The van der Waals surface area contributed by atoms with Crippen LogP contribution in [0, 0.1) is 0 Å². The molecule has 0 bridgehead atoms. The number of hydrogen-bond acceptors (Lipinski definition) is 3. The third-order valence-corrected chi connectivity index (χ3v) is 3.44. The van der Waals surface area contributed by atoms with Crippen LogP contribution >= 0.6 is 47.2 Å². The number of nitrogens with zero attached hydrogens (tertiary/aromatic N) is 1. The maximum atomic E-state index is 6.01. The fourth-order valence-corrected chi connectivity index (χ4v) is 1.97. The third-order valence-electron chi connectivity index (χ3n) is 2.43. The highest BCUT2D eigenvalue weighted by molar-refractivity contribution is 6.42. The molecule has 0 aliphatic rings. The van der Waals surface area contributed by atoms with Gasteiger partial charge in [-0.15, -0.1) is 24.0 Å². The van der Waals surface area contributed by atoms with Gasteiger partial charge in [0, 0.05) is 18.0 Å². The van der Waals surface area contributed by atoms with Crippen molar-refractivity contribution in [3.05, 3.63) is 33.8 Å². The maximum Gasteiger partial charge on any atom is 0.129 e. The average Bonchev–Trinajstić information content (AvgIpc) is 2.41. The number of nitrogens with two attached hydrogens (primary N) is 1. The molecule has 0 aliphatic heterocycles. The first kappa shape index (κ1) is 19.8. The van der Waals surface area contributed by atoms with E-state index in [0.29, 0.717) is 29.1 Å². The van der Waals surface area contributed by atoms with Crippen LogP contribution in [0.25, 0.3) is 0 Å². The van der Waals surface area contributed by atoms with Gasteiger partial charge in [-0.3, -0.25) is 0 Å². The molecule has 114 valence electrons. The predicted octanol–water partition coefficient (Wildman–Crippen LogP) is 4.50. The van der Waals surface area contributed by atoms with Gasteiger partial charge in [0.05, 0.1) is 15.8 Å². The monoisotopic (exact) mass is 358 g/mol. The van der Waals surface area contributed by atoms with Crippen LogP contribution in [0.3, 0.4) is 0 Å². The minimum Gasteiger partial charge on any atom is -0.394 e. The van der Waals surface area contributed by atoms with Crippen molar-refractivity contribution in [2.24, 2.45) is 10.9 Å². The van der Waals surface area contributed by atoms with E-state index in [9.17, 15) is 0 Å². The highest BCUT2D eigenvalue weighted by atomic mass is 35.5. The van der Waals surface area contributed by atoms with Gasteiger partial charge in [0.25, 0.3) is 0 Å². The largest absolute Gasteiger partial charge is 0.394 e. The summed E-state index contributed by atoms with van der Waals surface area (Å²) in [5.41, 5.74) is 7.10. The van der Waals surface area contributed by atoms with Crippen molar-refractivity contribution in [3.63, 3.8) is 0 Å². The summed E-state index contributed by atoms with van der Waals surface area (Å²) < 4.78 is 0. The molecule has 1 rings (SSSR count). The number of rotatable bonds is 8. The molecule has 1 aromatic carbocycles. The van der Waals surface area contributed by atoms with E-state index in [4.69, 9.17) is 45.4 Å². The molecule has 0 amide bonds. The Morgan fingerprint density at radius 3 is 2.55 bits per heavy atom. The highest BCUT2D eigenvalue weighted by Crippen LogP contribution is 2.24. The number of hydrogen-bond donors (Lipinski definition) is 1. The van der Waals surface area contributed by atoms with E-state index < -0.39 is 0 Å². The van der Waals surface area contributed by atoms with Crippen LogP contribution in [0.15, 0.2) is 23.4 Å². The average molecular weight is 360 g/mol. The van der Waals surface area contributed by atoms with Crippen LogP contribution in [0.4, 0.5) is 0 Å². The lowest BCUT2D eigenvalue weighted by Crippen LogP contribution is -2.08. The Balaban J connectivity index is 0.00000361. The van der Waals surface area contributed by atoms with E-state index in [-0.39, 0.29) is 12.4 Å². The molecule has 0 aromatic heterocycles. The van der Waals surface area contributed by atoms with E-state index in [1.807, 2.05) is 6.07 Å². The summed E-state index contributed by atoms with van der Waals surface area (Å²) in [6, 6.07) is 5.41. The van der Waals surface area contributed by atoms with Gasteiger partial charge >= 0.3 is 0 Å². The minimum absolute atomic E-state index is 0. The molecule has 0 fully saturated rings. The van der Waals surface area contributed by atoms with Gasteiger partial charge in [0.2, 0.25) is 0 Å². The zero-order chi connectivity index (χ0) is 14.1. The molecule has 0 saturated heterocycles. The number of unbranched alkanes of at least 4 members (excludes halogenated alkanes) is 1. The number of benzene rings is 1. The van der Waals surface area contributed by atoms with E-state index >= 15 is 0 Å². The van der Waals surface area contributed by atoms with E-state index in [1.165, 1.54) is 0 Å². The molecule has 3 nitrogen and oxygen atoms in total. The Bertz CT molecular complexity index is 427. The molecule has 0 unspecified atom stereocenters. The summed E-state index contributed by atoms with van der Waals surface area (Å²) in [7, 11) is 0. The van der Waals surface area contributed by atoms with Gasteiger partial charge in [0.1, 0.15) is 6.61 Å². The van der Waals surface area contributed by atoms with Crippen molar-refractivity contribution in [1.82, 2.24) is 0 Å². The summed E-state index contributed by atoms with van der Waals surface area (Å²) in [5.74, 6) is 0.637. The van der Waals surface area contributed by atoms with Crippen molar-refractivity contribution in [3.8, 4) is 0 Å². The van der Waals surface area contributed by atoms with Gasteiger partial charge < -0.3 is 10.6 Å². The zero-order valence-corrected chi connectivity index (χ0v) is 14.0. The quantitative estimate of drug-likeness (QED) is 0.321. The van der Waals surface area contributed by atoms with Crippen LogP contribution in [0.2, 0.25) is 10.0 Å². The van der Waals surface area contributed by atoms with Crippen LogP contribution in [-0.2, 0) is 4.84 Å². The van der Waals surface area contributed by atoms with Crippen molar-refractivity contribution < 1.29 is 4.84 Å². The standard InChI is InChI=1S/C13H17Cl3N2O.ClH/c14-6-2-1-3-13(18-19-8-7-17)10-4-5-11(15)12(16)9-10;/h4-5,9H,1-3,6-8,17H2;1H. The smallest absolute Gasteiger partial charge is 0.129 e. The minimum atomic E-state index is 0. The summed E-state index contributed by atoms with van der Waals surface area (Å²) in [4.78, 5) is 5.15. The molecule has 2 N–H and O–H groups in total.